The highest BCUT2D eigenvalue weighted by molar-refractivity contribution is 5.95. The van der Waals surface area contributed by atoms with Crippen LogP contribution in [0, 0.1) is 6.92 Å². The van der Waals surface area contributed by atoms with Crippen LogP contribution in [0.1, 0.15) is 27.4 Å². The number of hydrogen-bond acceptors (Lipinski definition) is 3. The number of aromatic nitrogens is 1. The standard InChI is InChI=1S/C13H11F3N2O2/c1-8-6-9(18-20-8)7-17-12(19)10-4-2-3-5-11(10)13(14,15)16/h2-6H,7H2,1H3,(H,17,19). The molecule has 106 valence electrons. The minimum absolute atomic E-state index is 0.00235. The fraction of sp³-hybridized carbons (Fsp3) is 0.231. The first-order valence-electron chi connectivity index (χ1n) is 5.74. The maximum absolute atomic E-state index is 12.8. The fourth-order valence-corrected chi connectivity index (χ4v) is 1.70. The van der Waals surface area contributed by atoms with Crippen LogP contribution in [0.5, 0.6) is 0 Å². The van der Waals surface area contributed by atoms with Gasteiger partial charge in [-0.1, -0.05) is 17.3 Å². The van der Waals surface area contributed by atoms with Gasteiger partial charge in [-0.25, -0.2) is 0 Å². The van der Waals surface area contributed by atoms with E-state index in [1.165, 1.54) is 12.1 Å². The van der Waals surface area contributed by atoms with Gasteiger partial charge < -0.3 is 9.84 Å². The van der Waals surface area contributed by atoms with Crippen molar-refractivity contribution < 1.29 is 22.5 Å². The van der Waals surface area contributed by atoms with Gasteiger partial charge in [0.15, 0.2) is 0 Å². The summed E-state index contributed by atoms with van der Waals surface area (Å²) in [6, 6.07) is 6.21. The van der Waals surface area contributed by atoms with Crippen LogP contribution in [0.4, 0.5) is 13.2 Å². The maximum Gasteiger partial charge on any atom is 0.417 e. The molecule has 0 atom stereocenters. The number of halogens is 3. The highest BCUT2D eigenvalue weighted by atomic mass is 19.4. The number of rotatable bonds is 3. The third kappa shape index (κ3) is 3.17. The van der Waals surface area contributed by atoms with E-state index < -0.39 is 23.2 Å². The average Bonchev–Trinajstić information content (AvgIpc) is 2.81. The highest BCUT2D eigenvalue weighted by Crippen LogP contribution is 2.31. The van der Waals surface area contributed by atoms with Crippen molar-refractivity contribution in [3.05, 3.63) is 52.9 Å². The molecule has 0 bridgehead atoms. The predicted octanol–water partition coefficient (Wildman–Crippen LogP) is 2.93. The van der Waals surface area contributed by atoms with E-state index in [0.29, 0.717) is 11.5 Å². The molecule has 20 heavy (non-hydrogen) atoms. The number of aryl methyl sites for hydroxylation is 1. The van der Waals surface area contributed by atoms with Gasteiger partial charge in [0, 0.05) is 6.07 Å². The van der Waals surface area contributed by atoms with Crippen molar-refractivity contribution in [2.45, 2.75) is 19.6 Å². The van der Waals surface area contributed by atoms with Gasteiger partial charge in [0.05, 0.1) is 17.7 Å². The van der Waals surface area contributed by atoms with E-state index in [9.17, 15) is 18.0 Å². The predicted molar refractivity (Wildman–Crippen MR) is 63.9 cm³/mol. The lowest BCUT2D eigenvalue weighted by Crippen LogP contribution is -2.26. The number of alkyl halides is 3. The first-order chi connectivity index (χ1) is 9.38. The quantitative estimate of drug-likeness (QED) is 0.942. The van der Waals surface area contributed by atoms with Crippen molar-refractivity contribution in [1.82, 2.24) is 10.5 Å². The van der Waals surface area contributed by atoms with Crippen LogP contribution in [0.25, 0.3) is 0 Å². The number of hydrogen-bond donors (Lipinski definition) is 1. The van der Waals surface area contributed by atoms with Crippen LogP contribution in [-0.2, 0) is 12.7 Å². The van der Waals surface area contributed by atoms with Crippen LogP contribution in [0.15, 0.2) is 34.9 Å². The molecule has 0 unspecified atom stereocenters. The van der Waals surface area contributed by atoms with Crippen molar-refractivity contribution in [3.8, 4) is 0 Å². The van der Waals surface area contributed by atoms with Crippen molar-refractivity contribution in [2.24, 2.45) is 0 Å². The molecular formula is C13H11F3N2O2. The Balaban J connectivity index is 2.13. The number of benzene rings is 1. The van der Waals surface area contributed by atoms with E-state index in [0.717, 1.165) is 12.1 Å². The molecule has 1 amide bonds. The van der Waals surface area contributed by atoms with Gasteiger partial charge in [-0.2, -0.15) is 13.2 Å². The first-order valence-corrected chi connectivity index (χ1v) is 5.74. The lowest BCUT2D eigenvalue weighted by molar-refractivity contribution is -0.137. The monoisotopic (exact) mass is 284 g/mol. The molecule has 0 aliphatic heterocycles. The Kier molecular flexibility index (Phi) is 3.78. The molecule has 2 rings (SSSR count). The van der Waals surface area contributed by atoms with Crippen LogP contribution >= 0.6 is 0 Å². The topological polar surface area (TPSA) is 55.1 Å². The van der Waals surface area contributed by atoms with Crippen molar-refractivity contribution in [1.29, 1.82) is 0 Å². The van der Waals surface area contributed by atoms with Gasteiger partial charge in [-0.05, 0) is 19.1 Å². The molecule has 0 saturated carbocycles. The van der Waals surface area contributed by atoms with E-state index in [4.69, 9.17) is 4.52 Å². The number of carbonyl (C=O) groups is 1. The minimum atomic E-state index is -4.57. The molecule has 0 aliphatic rings. The van der Waals surface area contributed by atoms with Crippen LogP contribution in [0.3, 0.4) is 0 Å². The lowest BCUT2D eigenvalue weighted by atomic mass is 10.1. The summed E-state index contributed by atoms with van der Waals surface area (Å²) >= 11 is 0. The second-order valence-electron chi connectivity index (χ2n) is 4.15. The molecule has 2 aromatic rings. The largest absolute Gasteiger partial charge is 0.417 e. The molecule has 1 aromatic carbocycles. The molecule has 1 aromatic heterocycles. The molecule has 0 fully saturated rings. The number of amides is 1. The minimum Gasteiger partial charge on any atom is -0.361 e. The number of carbonyl (C=O) groups excluding carboxylic acids is 1. The highest BCUT2D eigenvalue weighted by Gasteiger charge is 2.34. The average molecular weight is 284 g/mol. The second-order valence-corrected chi connectivity index (χ2v) is 4.15. The van der Waals surface area contributed by atoms with Crippen LogP contribution < -0.4 is 5.32 Å². The number of nitrogens with one attached hydrogen (secondary N) is 1. The maximum atomic E-state index is 12.8. The Morgan fingerprint density at radius 2 is 2.05 bits per heavy atom. The van der Waals surface area contributed by atoms with Gasteiger partial charge in [0.25, 0.3) is 5.91 Å². The van der Waals surface area contributed by atoms with Crippen molar-refractivity contribution in [3.63, 3.8) is 0 Å². The molecule has 0 radical (unpaired) electrons. The fourth-order valence-electron chi connectivity index (χ4n) is 1.70. The van der Waals surface area contributed by atoms with E-state index in [2.05, 4.69) is 10.5 Å². The van der Waals surface area contributed by atoms with E-state index >= 15 is 0 Å². The second kappa shape index (κ2) is 5.36. The molecule has 4 nitrogen and oxygen atoms in total. The molecule has 0 saturated heterocycles. The summed E-state index contributed by atoms with van der Waals surface area (Å²) in [5.41, 5.74) is -0.936. The van der Waals surface area contributed by atoms with Gasteiger partial charge >= 0.3 is 6.18 Å². The van der Waals surface area contributed by atoms with E-state index in [-0.39, 0.29) is 6.54 Å². The van der Waals surface area contributed by atoms with Gasteiger partial charge in [0.2, 0.25) is 0 Å². The summed E-state index contributed by atoms with van der Waals surface area (Å²) in [5.74, 6) is -0.247. The summed E-state index contributed by atoms with van der Waals surface area (Å²) in [4.78, 5) is 11.8. The SMILES string of the molecule is Cc1cc(CNC(=O)c2ccccc2C(F)(F)F)no1. The lowest BCUT2D eigenvalue weighted by Gasteiger charge is -2.12. The smallest absolute Gasteiger partial charge is 0.361 e. The van der Waals surface area contributed by atoms with Crippen molar-refractivity contribution >= 4 is 5.91 Å². The summed E-state index contributed by atoms with van der Waals surface area (Å²) in [5, 5.41) is 6.02. The first kappa shape index (κ1) is 14.1. The van der Waals surface area contributed by atoms with Crippen LogP contribution in [0.2, 0.25) is 0 Å². The van der Waals surface area contributed by atoms with Gasteiger partial charge in [0.1, 0.15) is 11.5 Å². The molecule has 0 spiro atoms. The van der Waals surface area contributed by atoms with Gasteiger partial charge in [-0.3, -0.25) is 4.79 Å². The molecular weight excluding hydrogens is 273 g/mol. The summed E-state index contributed by atoms with van der Waals surface area (Å²) < 4.78 is 43.1. The summed E-state index contributed by atoms with van der Waals surface area (Å²) in [6.45, 7) is 1.68. The molecule has 1 heterocycles. The molecule has 7 heteroatoms. The van der Waals surface area contributed by atoms with Gasteiger partial charge in [-0.15, -0.1) is 0 Å². The van der Waals surface area contributed by atoms with Crippen LogP contribution in [-0.4, -0.2) is 11.1 Å². The molecule has 0 aliphatic carbocycles. The Morgan fingerprint density at radius 1 is 1.35 bits per heavy atom. The third-order valence-corrected chi connectivity index (χ3v) is 2.58. The molecule has 1 N–H and O–H groups in total. The zero-order valence-corrected chi connectivity index (χ0v) is 10.5. The Bertz CT molecular complexity index is 620. The summed E-state index contributed by atoms with van der Waals surface area (Å²) in [7, 11) is 0. The number of nitrogens with zero attached hydrogens (tertiary/aromatic N) is 1. The van der Waals surface area contributed by atoms with Crippen molar-refractivity contribution in [2.75, 3.05) is 0 Å². The van der Waals surface area contributed by atoms with E-state index in [1.807, 2.05) is 0 Å². The zero-order chi connectivity index (χ0) is 14.8. The Labute approximate surface area is 112 Å². The Hall–Kier alpha value is -2.31. The Morgan fingerprint density at radius 3 is 2.65 bits per heavy atom. The summed E-state index contributed by atoms with van der Waals surface area (Å²) in [6.07, 6.45) is -4.57. The van der Waals surface area contributed by atoms with E-state index in [1.54, 1.807) is 13.0 Å². The normalized spacial score (nSPS) is 11.4. The zero-order valence-electron chi connectivity index (χ0n) is 10.5. The third-order valence-electron chi connectivity index (χ3n) is 2.58.